The Morgan fingerprint density at radius 3 is 0.632 bits per heavy atom. The Kier molecular flexibility index (Phi) is 22.5. The smallest absolute Gasteiger partial charge is 0.550 e. The molecule has 0 aromatic carbocycles. The molecule has 0 spiro atoms. The van der Waals surface area contributed by atoms with Gasteiger partial charge in [-0.2, -0.15) is 0 Å². The van der Waals surface area contributed by atoms with Crippen LogP contribution in [-0.4, -0.2) is 17.9 Å². The van der Waals surface area contributed by atoms with E-state index in [-0.39, 0.29) is 56.4 Å². The normalized spacial score (nSPS) is 8.68. The molecule has 0 radical (unpaired) electrons. The van der Waals surface area contributed by atoms with Crippen LogP contribution in [0.2, 0.25) is 0 Å². The maximum absolute atomic E-state index is 9.59. The van der Waals surface area contributed by atoms with Gasteiger partial charge in [0.05, 0.1) is 0 Å². The molecule has 0 saturated carbocycles. The third-order valence-electron chi connectivity index (χ3n) is 1.41. The van der Waals surface area contributed by atoms with E-state index in [2.05, 4.69) is 0 Å². The number of hydrogen-bond acceptors (Lipinski definition) is 6. The van der Waals surface area contributed by atoms with Gasteiger partial charge in [-0.15, -0.1) is 0 Å². The minimum atomic E-state index is -0.991. The molecule has 0 fully saturated rings. The summed E-state index contributed by atoms with van der Waals surface area (Å²) in [5, 5.41) is 28.8. The van der Waals surface area contributed by atoms with E-state index in [0.29, 0.717) is 0 Å². The van der Waals surface area contributed by atoms with E-state index in [9.17, 15) is 29.7 Å². The largest absolute Gasteiger partial charge is 3.00 e. The van der Waals surface area contributed by atoms with Crippen molar-refractivity contribution < 1.29 is 68.3 Å². The van der Waals surface area contributed by atoms with Gasteiger partial charge in [-0.3, -0.25) is 0 Å². The van der Waals surface area contributed by atoms with Gasteiger partial charge in [-0.25, -0.2) is 0 Å². The Hall–Kier alpha value is -0.304. The third kappa shape index (κ3) is 31.9. The summed E-state index contributed by atoms with van der Waals surface area (Å²) in [6.45, 7) is 9.47. The SMILES string of the molecule is CC(C)C(=O)[O-].CC(C)C(=O)[O-].CC(C)C(=O)[O-].[Tb+3]. The number of carboxylic acid groups (broad SMARTS) is 3. The van der Waals surface area contributed by atoms with Crippen LogP contribution in [0.5, 0.6) is 0 Å². The van der Waals surface area contributed by atoms with E-state index < -0.39 is 17.9 Å². The molecule has 0 atom stereocenters. The summed E-state index contributed by atoms with van der Waals surface area (Å²) in [5.41, 5.74) is 0. The number of carboxylic acids is 3. The summed E-state index contributed by atoms with van der Waals surface area (Å²) in [4.78, 5) is 28.8. The molecule has 0 aromatic heterocycles. The van der Waals surface area contributed by atoms with Crippen molar-refractivity contribution in [3.8, 4) is 0 Å². The van der Waals surface area contributed by atoms with Gasteiger partial charge in [0, 0.05) is 17.9 Å². The summed E-state index contributed by atoms with van der Waals surface area (Å²) < 4.78 is 0. The van der Waals surface area contributed by atoms with Gasteiger partial charge in [0.15, 0.2) is 0 Å². The molecule has 0 aliphatic carbocycles. The van der Waals surface area contributed by atoms with Crippen molar-refractivity contribution in [3.63, 3.8) is 0 Å². The van der Waals surface area contributed by atoms with E-state index in [1.807, 2.05) is 0 Å². The Bertz CT molecular complexity index is 218. The summed E-state index contributed by atoms with van der Waals surface area (Å²) in [6, 6.07) is 0. The van der Waals surface area contributed by atoms with E-state index in [4.69, 9.17) is 0 Å². The van der Waals surface area contributed by atoms with Crippen molar-refractivity contribution in [2.24, 2.45) is 17.8 Å². The number of hydrogen-bond donors (Lipinski definition) is 0. The van der Waals surface area contributed by atoms with Gasteiger partial charge in [-0.05, 0) is 17.8 Å². The van der Waals surface area contributed by atoms with Crippen molar-refractivity contribution in [2.45, 2.75) is 41.5 Å². The van der Waals surface area contributed by atoms with Crippen LogP contribution < -0.4 is 15.3 Å². The maximum atomic E-state index is 9.59. The number of rotatable bonds is 3. The first-order chi connectivity index (χ1) is 7.93. The molecule has 0 N–H and O–H groups in total. The molecule has 19 heavy (non-hydrogen) atoms. The quantitative estimate of drug-likeness (QED) is 0.530. The molecule has 0 aliphatic rings. The van der Waals surface area contributed by atoms with E-state index in [1.54, 1.807) is 41.5 Å². The van der Waals surface area contributed by atoms with Crippen molar-refractivity contribution in [1.82, 2.24) is 0 Å². The average molecular weight is 420 g/mol. The molecular formula is C12H21O6Tb. The topological polar surface area (TPSA) is 120 Å². The summed E-state index contributed by atoms with van der Waals surface area (Å²) in [5.74, 6) is -4.00. The molecule has 0 rings (SSSR count). The van der Waals surface area contributed by atoms with Crippen LogP contribution in [0, 0.1) is 56.4 Å². The number of carbonyl (C=O) groups excluding carboxylic acids is 3. The Morgan fingerprint density at radius 1 is 0.579 bits per heavy atom. The van der Waals surface area contributed by atoms with E-state index in [1.165, 1.54) is 0 Å². The van der Waals surface area contributed by atoms with Gasteiger partial charge in [0.25, 0.3) is 0 Å². The molecule has 0 aromatic rings. The fraction of sp³-hybridized carbons (Fsp3) is 0.750. The molecule has 0 saturated heterocycles. The molecule has 0 aliphatic heterocycles. The van der Waals surface area contributed by atoms with Gasteiger partial charge < -0.3 is 29.7 Å². The van der Waals surface area contributed by atoms with Crippen molar-refractivity contribution >= 4 is 17.9 Å². The van der Waals surface area contributed by atoms with Crippen LogP contribution in [0.4, 0.5) is 0 Å². The summed E-state index contributed by atoms with van der Waals surface area (Å²) in [7, 11) is 0. The van der Waals surface area contributed by atoms with Crippen LogP contribution >= 0.6 is 0 Å². The first-order valence-electron chi connectivity index (χ1n) is 5.55. The summed E-state index contributed by atoms with van der Waals surface area (Å²) >= 11 is 0. The predicted octanol–water partition coefficient (Wildman–Crippen LogP) is -1.82. The van der Waals surface area contributed by atoms with Crippen LogP contribution in [-0.2, 0) is 14.4 Å². The van der Waals surface area contributed by atoms with Crippen LogP contribution in [0.15, 0.2) is 0 Å². The minimum absolute atomic E-state index is 0. The third-order valence-corrected chi connectivity index (χ3v) is 1.41. The van der Waals surface area contributed by atoms with Crippen LogP contribution in [0.3, 0.4) is 0 Å². The van der Waals surface area contributed by atoms with Gasteiger partial charge in [-0.1, -0.05) is 41.5 Å². The molecule has 0 heterocycles. The molecule has 0 unspecified atom stereocenters. The monoisotopic (exact) mass is 420 g/mol. The van der Waals surface area contributed by atoms with Gasteiger partial charge in [0.2, 0.25) is 0 Å². The van der Waals surface area contributed by atoms with Crippen LogP contribution in [0.1, 0.15) is 41.5 Å². The molecule has 6 nitrogen and oxygen atoms in total. The van der Waals surface area contributed by atoms with E-state index in [0.717, 1.165) is 0 Å². The second-order valence-corrected chi connectivity index (χ2v) is 4.42. The number of aliphatic carboxylic acids is 3. The molecular weight excluding hydrogens is 399 g/mol. The second-order valence-electron chi connectivity index (χ2n) is 4.42. The number of carbonyl (C=O) groups is 3. The van der Waals surface area contributed by atoms with Crippen LogP contribution in [0.25, 0.3) is 0 Å². The second kappa shape index (κ2) is 15.8. The molecule has 114 valence electrons. The average Bonchev–Trinajstić information content (AvgIpc) is 2.18. The van der Waals surface area contributed by atoms with Gasteiger partial charge >= 0.3 is 38.6 Å². The standard InChI is InChI=1S/3C4H8O2.Tb/c3*1-3(2)4(5)6;/h3*3H,1-2H3,(H,5,6);/q;;;+3/p-3. The van der Waals surface area contributed by atoms with Crippen molar-refractivity contribution in [2.75, 3.05) is 0 Å². The Labute approximate surface area is 145 Å². The molecule has 7 heteroatoms. The first kappa shape index (κ1) is 27.1. The Morgan fingerprint density at radius 2 is 0.632 bits per heavy atom. The molecule has 0 bridgehead atoms. The fourth-order valence-corrected chi connectivity index (χ4v) is 0. The van der Waals surface area contributed by atoms with E-state index >= 15 is 0 Å². The summed E-state index contributed by atoms with van der Waals surface area (Å²) in [6.07, 6.45) is 0. The maximum Gasteiger partial charge on any atom is 3.00 e. The van der Waals surface area contributed by atoms with Crippen molar-refractivity contribution in [1.29, 1.82) is 0 Å². The zero-order valence-electron chi connectivity index (χ0n) is 12.0. The van der Waals surface area contributed by atoms with Crippen molar-refractivity contribution in [3.05, 3.63) is 0 Å². The predicted molar refractivity (Wildman–Crippen MR) is 59.5 cm³/mol. The minimum Gasteiger partial charge on any atom is -0.550 e. The van der Waals surface area contributed by atoms with Gasteiger partial charge in [0.1, 0.15) is 0 Å². The first-order valence-corrected chi connectivity index (χ1v) is 5.55. The zero-order valence-corrected chi connectivity index (χ0v) is 14.2. The molecule has 0 amide bonds. The Balaban J connectivity index is -0.0000000865. The fourth-order valence-electron chi connectivity index (χ4n) is 0. The zero-order chi connectivity index (χ0) is 15.5.